The second kappa shape index (κ2) is 12.1. The molecule has 0 bridgehead atoms. The average Bonchev–Trinajstić information content (AvgIpc) is 2.77. The summed E-state index contributed by atoms with van der Waals surface area (Å²) in [5.41, 5.74) is 1.30. The summed E-state index contributed by atoms with van der Waals surface area (Å²) in [7, 11) is -1.01. The van der Waals surface area contributed by atoms with Gasteiger partial charge in [0.2, 0.25) is 0 Å². The van der Waals surface area contributed by atoms with Crippen LogP contribution in [0, 0.1) is 0 Å². The van der Waals surface area contributed by atoms with E-state index in [1.54, 1.807) is 0 Å². The van der Waals surface area contributed by atoms with Gasteiger partial charge in [0.15, 0.2) is 5.96 Å². The van der Waals surface area contributed by atoms with Crippen LogP contribution in [0.1, 0.15) is 25.3 Å². The molecule has 1 heterocycles. The Balaban J connectivity index is 1.44. The fourth-order valence-electron chi connectivity index (χ4n) is 3.53. The van der Waals surface area contributed by atoms with Crippen LogP contribution in [0.4, 0.5) is 0 Å². The summed E-state index contributed by atoms with van der Waals surface area (Å²) in [5, 5.41) is 7.65. The molecule has 0 aliphatic carbocycles. The molecule has 2 aromatic rings. The molecule has 2 N–H and O–H groups in total. The van der Waals surface area contributed by atoms with Crippen LogP contribution in [0.3, 0.4) is 0 Å². The summed E-state index contributed by atoms with van der Waals surface area (Å²) in [6, 6.07) is 18.1. The first kappa shape index (κ1) is 22.8. The van der Waals surface area contributed by atoms with Crippen LogP contribution < -0.4 is 10.6 Å². The number of guanidine groups is 1. The van der Waals surface area contributed by atoms with Crippen LogP contribution in [-0.4, -0.2) is 53.0 Å². The van der Waals surface area contributed by atoms with E-state index < -0.39 is 10.8 Å². The Morgan fingerprint density at radius 3 is 2.50 bits per heavy atom. The van der Waals surface area contributed by atoms with E-state index >= 15 is 0 Å². The fourth-order valence-corrected chi connectivity index (χ4v) is 4.61. The Morgan fingerprint density at radius 2 is 1.83 bits per heavy atom. The predicted molar refractivity (Wildman–Crippen MR) is 127 cm³/mol. The Kier molecular flexibility index (Phi) is 9.18. The lowest BCUT2D eigenvalue weighted by Crippen LogP contribution is -2.48. The van der Waals surface area contributed by atoms with Gasteiger partial charge in [-0.25, -0.2) is 0 Å². The van der Waals surface area contributed by atoms with Gasteiger partial charge < -0.3 is 10.6 Å². The van der Waals surface area contributed by atoms with Crippen LogP contribution in [0.2, 0.25) is 5.02 Å². The first-order chi connectivity index (χ1) is 14.6. The van der Waals surface area contributed by atoms with E-state index in [1.807, 2.05) is 42.5 Å². The van der Waals surface area contributed by atoms with Gasteiger partial charge in [-0.05, 0) is 49.6 Å². The molecule has 0 saturated carbocycles. The second-order valence-corrected chi connectivity index (χ2v) is 9.45. The normalized spacial score (nSPS) is 16.9. The summed E-state index contributed by atoms with van der Waals surface area (Å²) in [4.78, 5) is 7.98. The van der Waals surface area contributed by atoms with Gasteiger partial charge in [0.1, 0.15) is 0 Å². The lowest BCUT2D eigenvalue weighted by atomic mass is 10.0. The third-order valence-electron chi connectivity index (χ3n) is 5.14. The van der Waals surface area contributed by atoms with E-state index in [2.05, 4.69) is 39.6 Å². The zero-order valence-corrected chi connectivity index (χ0v) is 19.1. The van der Waals surface area contributed by atoms with E-state index in [0.29, 0.717) is 18.3 Å². The summed E-state index contributed by atoms with van der Waals surface area (Å²) >= 11 is 5.98. The highest BCUT2D eigenvalue weighted by atomic mass is 35.5. The quantitative estimate of drug-likeness (QED) is 0.480. The van der Waals surface area contributed by atoms with Crippen molar-refractivity contribution >= 4 is 28.4 Å². The molecule has 3 rings (SSSR count). The van der Waals surface area contributed by atoms with E-state index in [1.165, 1.54) is 5.56 Å². The zero-order valence-electron chi connectivity index (χ0n) is 17.5. The Bertz CT molecular complexity index is 821. The van der Waals surface area contributed by atoms with Crippen LogP contribution in [0.5, 0.6) is 0 Å². The SMILES string of the molecule is CCNC(=NCCS(=O)c1ccccc1)NC1CCN(Cc2ccc(Cl)cc2)CC1. The van der Waals surface area contributed by atoms with Gasteiger partial charge >= 0.3 is 0 Å². The third-order valence-corrected chi connectivity index (χ3v) is 6.75. The van der Waals surface area contributed by atoms with Gasteiger partial charge in [-0.15, -0.1) is 0 Å². The van der Waals surface area contributed by atoms with Crippen molar-refractivity contribution < 1.29 is 4.21 Å². The van der Waals surface area contributed by atoms with Crippen molar-refractivity contribution in [2.24, 2.45) is 4.99 Å². The number of benzene rings is 2. The van der Waals surface area contributed by atoms with Crippen molar-refractivity contribution in [1.82, 2.24) is 15.5 Å². The molecule has 162 valence electrons. The first-order valence-corrected chi connectivity index (χ1v) is 12.3. The Labute approximate surface area is 187 Å². The molecule has 0 amide bonds. The monoisotopic (exact) mass is 446 g/mol. The van der Waals surface area contributed by atoms with Gasteiger partial charge in [-0.3, -0.25) is 14.1 Å². The first-order valence-electron chi connectivity index (χ1n) is 10.6. The van der Waals surface area contributed by atoms with Gasteiger partial charge in [-0.2, -0.15) is 0 Å². The van der Waals surface area contributed by atoms with E-state index in [0.717, 1.165) is 54.9 Å². The maximum atomic E-state index is 12.4. The number of hydrogen-bond acceptors (Lipinski definition) is 3. The molecule has 0 spiro atoms. The highest BCUT2D eigenvalue weighted by Crippen LogP contribution is 2.16. The number of piperidine rings is 1. The molecule has 0 aromatic heterocycles. The van der Waals surface area contributed by atoms with Crippen molar-refractivity contribution in [2.75, 3.05) is 31.9 Å². The third kappa shape index (κ3) is 7.42. The molecule has 1 aliphatic rings. The molecule has 30 heavy (non-hydrogen) atoms. The van der Waals surface area contributed by atoms with Crippen molar-refractivity contribution in [3.8, 4) is 0 Å². The number of aliphatic imine (C=N–C) groups is 1. The molecular weight excluding hydrogens is 416 g/mol. The molecular formula is C23H31ClN4OS. The zero-order chi connectivity index (χ0) is 21.2. The van der Waals surface area contributed by atoms with E-state index in [9.17, 15) is 4.21 Å². The second-order valence-electron chi connectivity index (χ2n) is 7.44. The maximum absolute atomic E-state index is 12.4. The number of nitrogens with zero attached hydrogens (tertiary/aromatic N) is 2. The minimum atomic E-state index is -1.01. The van der Waals surface area contributed by atoms with Gasteiger partial charge in [-0.1, -0.05) is 41.9 Å². The van der Waals surface area contributed by atoms with Gasteiger partial charge in [0.05, 0.1) is 17.3 Å². The fraction of sp³-hybridized carbons (Fsp3) is 0.435. The molecule has 1 unspecified atom stereocenters. The summed E-state index contributed by atoms with van der Waals surface area (Å²) < 4.78 is 12.4. The van der Waals surface area contributed by atoms with E-state index in [-0.39, 0.29) is 0 Å². The van der Waals surface area contributed by atoms with Crippen LogP contribution in [-0.2, 0) is 17.3 Å². The standard InChI is InChI=1S/C23H31ClN4OS/c1-2-25-23(26-14-17-30(29)22-6-4-3-5-7-22)27-21-12-15-28(16-13-21)18-19-8-10-20(24)11-9-19/h3-11,21H,2,12-18H2,1H3,(H2,25,26,27). The van der Waals surface area contributed by atoms with E-state index in [4.69, 9.17) is 11.6 Å². The number of halogens is 1. The van der Waals surface area contributed by atoms with Crippen LogP contribution in [0.15, 0.2) is 64.5 Å². The molecule has 7 heteroatoms. The molecule has 5 nitrogen and oxygen atoms in total. The molecule has 1 fully saturated rings. The van der Waals surface area contributed by atoms with Crippen molar-refractivity contribution in [3.63, 3.8) is 0 Å². The minimum Gasteiger partial charge on any atom is -0.357 e. The summed E-state index contributed by atoms with van der Waals surface area (Å²) in [6.45, 7) is 6.47. The lowest BCUT2D eigenvalue weighted by Gasteiger charge is -2.33. The highest BCUT2D eigenvalue weighted by molar-refractivity contribution is 7.85. The molecule has 0 radical (unpaired) electrons. The topological polar surface area (TPSA) is 56.7 Å². The number of hydrogen-bond donors (Lipinski definition) is 2. The predicted octanol–water partition coefficient (Wildman–Crippen LogP) is 3.67. The summed E-state index contributed by atoms with van der Waals surface area (Å²) in [6.07, 6.45) is 2.15. The smallest absolute Gasteiger partial charge is 0.191 e. The molecule has 2 aromatic carbocycles. The van der Waals surface area contributed by atoms with Crippen molar-refractivity contribution in [2.45, 2.75) is 37.2 Å². The largest absolute Gasteiger partial charge is 0.357 e. The Morgan fingerprint density at radius 1 is 1.13 bits per heavy atom. The number of rotatable bonds is 8. The van der Waals surface area contributed by atoms with Gasteiger partial charge in [0.25, 0.3) is 0 Å². The van der Waals surface area contributed by atoms with Crippen molar-refractivity contribution in [3.05, 3.63) is 65.2 Å². The van der Waals surface area contributed by atoms with Gasteiger partial charge in [0, 0.05) is 47.9 Å². The molecule has 1 atom stereocenters. The molecule has 1 aliphatic heterocycles. The minimum absolute atomic E-state index is 0.406. The molecule has 1 saturated heterocycles. The maximum Gasteiger partial charge on any atom is 0.191 e. The highest BCUT2D eigenvalue weighted by Gasteiger charge is 2.20. The van der Waals surface area contributed by atoms with Crippen molar-refractivity contribution in [1.29, 1.82) is 0 Å². The van der Waals surface area contributed by atoms with Crippen LogP contribution >= 0.6 is 11.6 Å². The Hall–Kier alpha value is -1.89. The number of nitrogens with one attached hydrogen (secondary N) is 2. The number of likely N-dealkylation sites (tertiary alicyclic amines) is 1. The summed E-state index contributed by atoms with van der Waals surface area (Å²) in [5.74, 6) is 1.35. The lowest BCUT2D eigenvalue weighted by molar-refractivity contribution is 0.198. The average molecular weight is 447 g/mol. The van der Waals surface area contributed by atoms with Crippen LogP contribution in [0.25, 0.3) is 0 Å².